The van der Waals surface area contributed by atoms with E-state index in [1.807, 2.05) is 0 Å². The van der Waals surface area contributed by atoms with E-state index in [1.165, 1.54) is 5.06 Å². The minimum absolute atomic E-state index is 0.0608. The average Bonchev–Trinajstić information content (AvgIpc) is 1.77. The molecule has 0 spiro atoms. The van der Waals surface area contributed by atoms with Gasteiger partial charge in [0.15, 0.2) is 0 Å². The fourth-order valence-electron chi connectivity index (χ4n) is 1.30. The van der Waals surface area contributed by atoms with E-state index in [0.29, 0.717) is 13.2 Å². The van der Waals surface area contributed by atoms with Crippen molar-refractivity contribution >= 4 is 0 Å². The maximum absolute atomic E-state index is 9.21. The first-order chi connectivity index (χ1) is 4.71. The molecule has 1 N–H and O–H groups in total. The topological polar surface area (TPSA) is 32.7 Å². The first kappa shape index (κ1) is 7.98. The lowest BCUT2D eigenvalue weighted by Gasteiger charge is -2.44. The maximum Gasteiger partial charge on any atom is 0.0922 e. The standard InChI is InChI=1S/C7H15NO2/c1-3-4-7(8(2)9)5-10-6-7/h9H,3-6H2,1-2H3. The zero-order valence-corrected chi connectivity index (χ0v) is 6.63. The lowest BCUT2D eigenvalue weighted by atomic mass is 9.92. The third-order valence-electron chi connectivity index (χ3n) is 2.14. The minimum Gasteiger partial charge on any atom is -0.377 e. The normalized spacial score (nSPS) is 22.8. The van der Waals surface area contributed by atoms with Crippen molar-refractivity contribution < 1.29 is 9.94 Å². The summed E-state index contributed by atoms with van der Waals surface area (Å²) in [5.74, 6) is 0. The summed E-state index contributed by atoms with van der Waals surface area (Å²) in [7, 11) is 1.69. The molecule has 1 heterocycles. The van der Waals surface area contributed by atoms with Crippen LogP contribution in [-0.2, 0) is 4.74 Å². The summed E-state index contributed by atoms with van der Waals surface area (Å²) in [6.07, 6.45) is 2.11. The Morgan fingerprint density at radius 1 is 1.60 bits per heavy atom. The monoisotopic (exact) mass is 145 g/mol. The Balaban J connectivity index is 2.42. The SMILES string of the molecule is CCCC1(N(C)O)COC1. The van der Waals surface area contributed by atoms with E-state index < -0.39 is 0 Å². The number of hydrogen-bond donors (Lipinski definition) is 1. The van der Waals surface area contributed by atoms with Gasteiger partial charge in [-0.3, -0.25) is 0 Å². The first-order valence-corrected chi connectivity index (χ1v) is 3.72. The van der Waals surface area contributed by atoms with E-state index in [0.717, 1.165) is 12.8 Å². The molecule has 1 saturated heterocycles. The highest BCUT2D eigenvalue weighted by Crippen LogP contribution is 2.27. The number of ether oxygens (including phenoxy) is 1. The van der Waals surface area contributed by atoms with Crippen LogP contribution in [0.25, 0.3) is 0 Å². The fourth-order valence-corrected chi connectivity index (χ4v) is 1.30. The largest absolute Gasteiger partial charge is 0.377 e. The van der Waals surface area contributed by atoms with Crippen molar-refractivity contribution in [3.8, 4) is 0 Å². The molecule has 60 valence electrons. The van der Waals surface area contributed by atoms with Gasteiger partial charge in [0.1, 0.15) is 0 Å². The van der Waals surface area contributed by atoms with E-state index in [-0.39, 0.29) is 5.54 Å². The summed E-state index contributed by atoms with van der Waals surface area (Å²) in [4.78, 5) is 0. The van der Waals surface area contributed by atoms with Crippen LogP contribution in [0.5, 0.6) is 0 Å². The molecule has 0 aromatic heterocycles. The molecule has 0 bridgehead atoms. The van der Waals surface area contributed by atoms with Crippen LogP contribution in [0.3, 0.4) is 0 Å². The Labute approximate surface area is 61.5 Å². The van der Waals surface area contributed by atoms with Crippen LogP contribution in [0.1, 0.15) is 19.8 Å². The molecule has 1 rings (SSSR count). The van der Waals surface area contributed by atoms with Crippen LogP contribution in [0, 0.1) is 0 Å². The molecule has 3 heteroatoms. The molecule has 0 atom stereocenters. The number of likely N-dealkylation sites (N-methyl/N-ethyl adjacent to an activating group) is 1. The van der Waals surface area contributed by atoms with Crippen LogP contribution in [0.2, 0.25) is 0 Å². The number of hydroxylamine groups is 2. The van der Waals surface area contributed by atoms with Gasteiger partial charge in [-0.05, 0) is 6.42 Å². The molecule has 10 heavy (non-hydrogen) atoms. The van der Waals surface area contributed by atoms with Crippen molar-refractivity contribution in [3.63, 3.8) is 0 Å². The molecule has 0 radical (unpaired) electrons. The minimum atomic E-state index is -0.0608. The Bertz CT molecular complexity index is 110. The predicted molar refractivity (Wildman–Crippen MR) is 38.0 cm³/mol. The van der Waals surface area contributed by atoms with Crippen LogP contribution in [0.15, 0.2) is 0 Å². The molecule has 1 aliphatic heterocycles. The van der Waals surface area contributed by atoms with Crippen molar-refractivity contribution in [2.75, 3.05) is 20.3 Å². The summed E-state index contributed by atoms with van der Waals surface area (Å²) in [6, 6.07) is 0. The van der Waals surface area contributed by atoms with Gasteiger partial charge in [0.25, 0.3) is 0 Å². The molecule has 0 aromatic carbocycles. The molecule has 0 saturated carbocycles. The van der Waals surface area contributed by atoms with E-state index in [2.05, 4.69) is 6.92 Å². The highest BCUT2D eigenvalue weighted by Gasteiger charge is 2.41. The summed E-state index contributed by atoms with van der Waals surface area (Å²) < 4.78 is 5.05. The lowest BCUT2D eigenvalue weighted by molar-refractivity contribution is -0.247. The van der Waals surface area contributed by atoms with Crippen LogP contribution >= 0.6 is 0 Å². The van der Waals surface area contributed by atoms with Crippen molar-refractivity contribution in [2.45, 2.75) is 25.3 Å². The fraction of sp³-hybridized carbons (Fsp3) is 1.00. The van der Waals surface area contributed by atoms with Gasteiger partial charge < -0.3 is 9.94 Å². The van der Waals surface area contributed by atoms with Gasteiger partial charge in [-0.2, -0.15) is 5.06 Å². The Morgan fingerprint density at radius 3 is 2.30 bits per heavy atom. The molecule has 0 aliphatic carbocycles. The van der Waals surface area contributed by atoms with E-state index in [9.17, 15) is 5.21 Å². The zero-order valence-electron chi connectivity index (χ0n) is 6.63. The van der Waals surface area contributed by atoms with Gasteiger partial charge in [-0.25, -0.2) is 0 Å². The van der Waals surface area contributed by atoms with E-state index in [4.69, 9.17) is 4.74 Å². The molecule has 1 fully saturated rings. The lowest BCUT2D eigenvalue weighted by Crippen LogP contribution is -2.59. The third-order valence-corrected chi connectivity index (χ3v) is 2.14. The number of rotatable bonds is 3. The second-order valence-electron chi connectivity index (χ2n) is 2.99. The Hall–Kier alpha value is -0.120. The van der Waals surface area contributed by atoms with Crippen molar-refractivity contribution in [1.82, 2.24) is 5.06 Å². The molecule has 1 aliphatic rings. The molecule has 0 amide bonds. The quantitative estimate of drug-likeness (QED) is 0.598. The Morgan fingerprint density at radius 2 is 2.20 bits per heavy atom. The van der Waals surface area contributed by atoms with Gasteiger partial charge in [0, 0.05) is 7.05 Å². The second kappa shape index (κ2) is 2.86. The van der Waals surface area contributed by atoms with Crippen LogP contribution in [-0.4, -0.2) is 36.1 Å². The summed E-state index contributed by atoms with van der Waals surface area (Å²) in [5, 5.41) is 10.5. The summed E-state index contributed by atoms with van der Waals surface area (Å²) >= 11 is 0. The first-order valence-electron chi connectivity index (χ1n) is 3.72. The molecule has 3 nitrogen and oxygen atoms in total. The van der Waals surface area contributed by atoms with Gasteiger partial charge in [0.2, 0.25) is 0 Å². The van der Waals surface area contributed by atoms with Gasteiger partial charge in [-0.1, -0.05) is 13.3 Å². The maximum atomic E-state index is 9.21. The molecular formula is C7H15NO2. The van der Waals surface area contributed by atoms with Crippen molar-refractivity contribution in [3.05, 3.63) is 0 Å². The van der Waals surface area contributed by atoms with E-state index in [1.54, 1.807) is 7.05 Å². The van der Waals surface area contributed by atoms with Gasteiger partial charge in [-0.15, -0.1) is 0 Å². The summed E-state index contributed by atoms with van der Waals surface area (Å²) in [5.41, 5.74) is -0.0608. The van der Waals surface area contributed by atoms with E-state index >= 15 is 0 Å². The van der Waals surface area contributed by atoms with Crippen LogP contribution in [0.4, 0.5) is 0 Å². The third kappa shape index (κ3) is 1.17. The molecule has 0 aromatic rings. The van der Waals surface area contributed by atoms with Gasteiger partial charge in [0.05, 0.1) is 18.8 Å². The second-order valence-corrected chi connectivity index (χ2v) is 2.99. The smallest absolute Gasteiger partial charge is 0.0922 e. The zero-order chi connectivity index (χ0) is 7.61. The highest BCUT2D eigenvalue weighted by molar-refractivity contribution is 4.91. The predicted octanol–water partition coefficient (Wildman–Crippen LogP) is 0.877. The number of hydrogen-bond acceptors (Lipinski definition) is 3. The summed E-state index contributed by atoms with van der Waals surface area (Å²) in [6.45, 7) is 3.46. The highest BCUT2D eigenvalue weighted by atomic mass is 16.5. The van der Waals surface area contributed by atoms with Crippen molar-refractivity contribution in [2.24, 2.45) is 0 Å². The Kier molecular flexibility index (Phi) is 2.28. The molecular weight excluding hydrogens is 130 g/mol. The van der Waals surface area contributed by atoms with Crippen LogP contribution < -0.4 is 0 Å². The van der Waals surface area contributed by atoms with Gasteiger partial charge >= 0.3 is 0 Å². The number of nitrogens with zero attached hydrogens (tertiary/aromatic N) is 1. The molecule has 0 unspecified atom stereocenters. The average molecular weight is 145 g/mol. The van der Waals surface area contributed by atoms with Crippen molar-refractivity contribution in [1.29, 1.82) is 0 Å².